The average molecular weight is 282 g/mol. The first-order valence-corrected chi connectivity index (χ1v) is 7.15. The Morgan fingerprint density at radius 1 is 1.38 bits per heavy atom. The first-order valence-electron chi connectivity index (χ1n) is 7.15. The van der Waals surface area contributed by atoms with E-state index in [4.69, 9.17) is 4.74 Å². The van der Waals surface area contributed by atoms with E-state index in [1.54, 1.807) is 7.11 Å². The Morgan fingerprint density at radius 2 is 2.24 bits per heavy atom. The van der Waals surface area contributed by atoms with Crippen LogP contribution in [0.5, 0.6) is 0 Å². The molecule has 1 aliphatic rings. The molecule has 3 rings (SSSR count). The summed E-state index contributed by atoms with van der Waals surface area (Å²) in [6, 6.07) is 6.20. The molecular weight excluding hydrogens is 262 g/mol. The molecule has 2 aromatic heterocycles. The van der Waals surface area contributed by atoms with Crippen LogP contribution in [0.25, 0.3) is 6.08 Å². The molecule has 4 heteroatoms. The number of H-pyrrole nitrogens is 2. The van der Waals surface area contributed by atoms with Crippen molar-refractivity contribution in [1.29, 1.82) is 0 Å². The number of aromatic amines is 2. The summed E-state index contributed by atoms with van der Waals surface area (Å²) >= 11 is 0. The number of hydrogen-bond donors (Lipinski definition) is 3. The lowest BCUT2D eigenvalue weighted by molar-refractivity contribution is -0.388. The van der Waals surface area contributed by atoms with E-state index in [2.05, 4.69) is 41.0 Å². The van der Waals surface area contributed by atoms with Crippen LogP contribution in [0.3, 0.4) is 0 Å². The number of hydrogen-bond acceptors (Lipinski definition) is 1. The predicted octanol–water partition coefficient (Wildman–Crippen LogP) is 1.67. The van der Waals surface area contributed by atoms with Gasteiger partial charge in [0.1, 0.15) is 5.69 Å². The molecule has 0 spiro atoms. The molecule has 3 N–H and O–H groups in total. The van der Waals surface area contributed by atoms with E-state index >= 15 is 0 Å². The Kier molecular flexibility index (Phi) is 3.52. The number of rotatable bonds is 4. The van der Waals surface area contributed by atoms with Crippen molar-refractivity contribution in [2.45, 2.75) is 20.3 Å². The highest BCUT2D eigenvalue weighted by molar-refractivity contribution is 6.05. The molecule has 21 heavy (non-hydrogen) atoms. The summed E-state index contributed by atoms with van der Waals surface area (Å²) in [5, 5.41) is 0. The van der Waals surface area contributed by atoms with Crippen molar-refractivity contribution in [2.75, 3.05) is 7.11 Å². The largest absolute Gasteiger partial charge is 0.490 e. The Hall–Kier alpha value is -2.49. The predicted molar refractivity (Wildman–Crippen MR) is 83.8 cm³/mol. The number of nitrogens with one attached hydrogen (secondary N) is 3. The molecule has 1 aliphatic heterocycles. The minimum absolute atomic E-state index is 0.838. The van der Waals surface area contributed by atoms with E-state index in [0.717, 1.165) is 35.0 Å². The fourth-order valence-electron chi connectivity index (χ4n) is 2.60. The molecule has 0 fully saturated rings. The highest BCUT2D eigenvalue weighted by atomic mass is 16.5. The van der Waals surface area contributed by atoms with Gasteiger partial charge in [-0.3, -0.25) is 0 Å². The maximum atomic E-state index is 5.47. The van der Waals surface area contributed by atoms with Gasteiger partial charge in [0.2, 0.25) is 11.4 Å². The van der Waals surface area contributed by atoms with Crippen molar-refractivity contribution in [2.24, 2.45) is 0 Å². The second-order valence-corrected chi connectivity index (χ2v) is 5.12. The van der Waals surface area contributed by atoms with Gasteiger partial charge in [-0.05, 0) is 37.1 Å². The lowest BCUT2D eigenvalue weighted by Gasteiger charge is -1.95. The van der Waals surface area contributed by atoms with Crippen molar-refractivity contribution in [3.05, 3.63) is 64.6 Å². The van der Waals surface area contributed by atoms with Gasteiger partial charge < -0.3 is 14.7 Å². The molecule has 0 saturated heterocycles. The lowest BCUT2D eigenvalue weighted by Crippen LogP contribution is -2.68. The van der Waals surface area contributed by atoms with Crippen molar-refractivity contribution in [3.63, 3.8) is 0 Å². The van der Waals surface area contributed by atoms with Gasteiger partial charge >= 0.3 is 0 Å². The quantitative estimate of drug-likeness (QED) is 0.785. The molecule has 108 valence electrons. The second-order valence-electron chi connectivity index (χ2n) is 5.12. The van der Waals surface area contributed by atoms with Gasteiger partial charge in [-0.25, -0.2) is 4.99 Å². The number of allylic oxidation sites excluding steroid dienone is 1. The lowest BCUT2D eigenvalue weighted by atomic mass is 10.2. The van der Waals surface area contributed by atoms with Crippen LogP contribution in [0.4, 0.5) is 0 Å². The van der Waals surface area contributed by atoms with E-state index in [1.807, 2.05) is 24.4 Å². The van der Waals surface area contributed by atoms with E-state index < -0.39 is 0 Å². The first-order chi connectivity index (χ1) is 10.2. The highest BCUT2D eigenvalue weighted by Gasteiger charge is 2.24. The summed E-state index contributed by atoms with van der Waals surface area (Å²) in [6.07, 6.45) is 7.03. The number of aromatic nitrogens is 2. The molecule has 0 saturated carbocycles. The van der Waals surface area contributed by atoms with Crippen LogP contribution in [0.1, 0.15) is 29.6 Å². The van der Waals surface area contributed by atoms with Gasteiger partial charge in [0.05, 0.1) is 13.2 Å². The smallest absolute Gasteiger partial charge is 0.248 e. The minimum atomic E-state index is 0.838. The molecule has 0 aliphatic carbocycles. The fraction of sp³-hybridized carbons (Fsp3) is 0.235. The van der Waals surface area contributed by atoms with Crippen LogP contribution in [-0.4, -0.2) is 22.8 Å². The van der Waals surface area contributed by atoms with Crippen molar-refractivity contribution in [3.8, 4) is 0 Å². The second kappa shape index (κ2) is 5.48. The topological polar surface area (TPSA) is 54.8 Å². The third-order valence-corrected chi connectivity index (χ3v) is 3.74. The Balaban J connectivity index is 1.97. The fourth-order valence-corrected chi connectivity index (χ4v) is 2.60. The summed E-state index contributed by atoms with van der Waals surface area (Å²) < 4.78 is 5.47. The molecule has 0 amide bonds. The summed E-state index contributed by atoms with van der Waals surface area (Å²) in [6.45, 7) is 4.27. The van der Waals surface area contributed by atoms with Crippen LogP contribution in [0, 0.1) is 6.92 Å². The molecule has 3 heterocycles. The van der Waals surface area contributed by atoms with Crippen LogP contribution < -0.4 is 4.99 Å². The zero-order chi connectivity index (χ0) is 14.8. The summed E-state index contributed by atoms with van der Waals surface area (Å²) in [5.41, 5.74) is 6.68. The summed E-state index contributed by atoms with van der Waals surface area (Å²) in [5.74, 6) is 0.838. The molecule has 0 radical (unpaired) electrons. The van der Waals surface area contributed by atoms with Gasteiger partial charge in [-0.15, -0.1) is 0 Å². The van der Waals surface area contributed by atoms with Crippen molar-refractivity contribution < 1.29 is 9.73 Å². The molecular formula is C17H20N3O+. The Labute approximate surface area is 124 Å². The number of ether oxygens (including phenoxy) is 1. The minimum Gasteiger partial charge on any atom is -0.490 e. The molecule has 0 aromatic carbocycles. The summed E-state index contributed by atoms with van der Waals surface area (Å²) in [4.78, 5) is 9.99. The SMILES string of the molecule is CCc1cc(/C=C2\[NH+]=C(c3ccc[nH]3)C=C2OC)[nH]c1C. The van der Waals surface area contributed by atoms with Crippen LogP contribution in [-0.2, 0) is 11.2 Å². The highest BCUT2D eigenvalue weighted by Crippen LogP contribution is 2.16. The van der Waals surface area contributed by atoms with E-state index in [0.29, 0.717) is 0 Å². The van der Waals surface area contributed by atoms with Crippen molar-refractivity contribution >= 4 is 11.8 Å². The normalized spacial score (nSPS) is 16.2. The van der Waals surface area contributed by atoms with Gasteiger partial charge in [-0.1, -0.05) is 6.92 Å². The maximum absolute atomic E-state index is 5.47. The van der Waals surface area contributed by atoms with Crippen LogP contribution in [0.15, 0.2) is 41.9 Å². The van der Waals surface area contributed by atoms with E-state index in [-0.39, 0.29) is 0 Å². The summed E-state index contributed by atoms with van der Waals surface area (Å²) in [7, 11) is 1.69. The molecule has 2 aromatic rings. The average Bonchev–Trinajstić information content (AvgIpc) is 3.18. The molecule has 0 unspecified atom stereocenters. The van der Waals surface area contributed by atoms with Crippen molar-refractivity contribution in [1.82, 2.24) is 9.97 Å². The van der Waals surface area contributed by atoms with Gasteiger partial charge in [0.25, 0.3) is 0 Å². The number of methoxy groups -OCH3 is 1. The first kappa shape index (κ1) is 13.5. The molecule has 0 atom stereocenters. The van der Waals surface area contributed by atoms with Crippen LogP contribution in [0.2, 0.25) is 0 Å². The number of aryl methyl sites for hydroxylation is 2. The molecule has 0 bridgehead atoms. The van der Waals surface area contributed by atoms with E-state index in [1.165, 1.54) is 11.3 Å². The third-order valence-electron chi connectivity index (χ3n) is 3.74. The third kappa shape index (κ3) is 2.57. The van der Waals surface area contributed by atoms with Gasteiger partial charge in [0, 0.05) is 23.7 Å². The Morgan fingerprint density at radius 3 is 2.86 bits per heavy atom. The Bertz CT molecular complexity index is 730. The standard InChI is InChI=1S/C17H19N3O/c1-4-12-8-13(19-11(12)2)9-16-17(21-3)10-15(20-16)14-6-5-7-18-14/h5-10,18-19H,4H2,1-3H3/p+1/b16-9-. The monoisotopic (exact) mass is 282 g/mol. The van der Waals surface area contributed by atoms with E-state index in [9.17, 15) is 0 Å². The maximum Gasteiger partial charge on any atom is 0.248 e. The zero-order valence-electron chi connectivity index (χ0n) is 12.6. The van der Waals surface area contributed by atoms with Crippen LogP contribution >= 0.6 is 0 Å². The van der Waals surface area contributed by atoms with Gasteiger partial charge in [0.15, 0.2) is 5.76 Å². The molecule has 4 nitrogen and oxygen atoms in total. The van der Waals surface area contributed by atoms with Gasteiger partial charge in [-0.2, -0.15) is 0 Å². The zero-order valence-corrected chi connectivity index (χ0v) is 12.6.